The Labute approximate surface area is 130 Å². The summed E-state index contributed by atoms with van der Waals surface area (Å²) in [5, 5.41) is 11.6. The Kier molecular flexibility index (Phi) is 6.26. The second-order valence-electron chi connectivity index (χ2n) is 3.99. The van der Waals surface area contributed by atoms with Crippen LogP contribution < -0.4 is 15.8 Å². The highest BCUT2D eigenvalue weighted by molar-refractivity contribution is 6.35. The largest absolute Gasteiger partial charge is 0.482 e. The fourth-order valence-electron chi connectivity index (χ4n) is 1.37. The van der Waals surface area contributed by atoms with Gasteiger partial charge >= 0.3 is 5.97 Å². The summed E-state index contributed by atoms with van der Waals surface area (Å²) in [5.74, 6) is -2.72. The minimum Gasteiger partial charge on any atom is -0.482 e. The Bertz CT molecular complexity index is 565. The number of halogens is 2. The maximum Gasteiger partial charge on any atom is 0.326 e. The minimum absolute atomic E-state index is 0.210. The van der Waals surface area contributed by atoms with E-state index in [-0.39, 0.29) is 10.8 Å². The summed E-state index contributed by atoms with van der Waals surface area (Å²) >= 11 is 11.5. The van der Waals surface area contributed by atoms with Crippen molar-refractivity contribution in [3.8, 4) is 5.75 Å². The number of ether oxygens (including phenoxy) is 1. The number of carbonyl (C=O) groups excluding carboxylic acids is 2. The van der Waals surface area contributed by atoms with E-state index >= 15 is 0 Å². The molecule has 1 rings (SSSR count). The van der Waals surface area contributed by atoms with Crippen LogP contribution in [0.3, 0.4) is 0 Å². The normalized spacial score (nSPS) is 11.5. The zero-order valence-corrected chi connectivity index (χ0v) is 12.1. The number of nitrogens with two attached hydrogens (primary N) is 1. The predicted octanol–water partition coefficient (Wildman–Crippen LogP) is 0.817. The molecule has 0 aromatic heterocycles. The summed E-state index contributed by atoms with van der Waals surface area (Å²) in [5.41, 5.74) is 4.89. The molecule has 0 saturated carbocycles. The first kappa shape index (κ1) is 17.1. The molecular weight excluding hydrogens is 323 g/mol. The topological polar surface area (TPSA) is 119 Å². The van der Waals surface area contributed by atoms with Gasteiger partial charge in [0.05, 0.1) is 11.4 Å². The van der Waals surface area contributed by atoms with Crippen LogP contribution in [0.2, 0.25) is 10.0 Å². The predicted molar refractivity (Wildman–Crippen MR) is 75.3 cm³/mol. The molecule has 0 spiro atoms. The van der Waals surface area contributed by atoms with E-state index < -0.39 is 36.9 Å². The van der Waals surface area contributed by atoms with Gasteiger partial charge in [-0.25, -0.2) is 4.79 Å². The maximum atomic E-state index is 11.6. The molecule has 4 N–H and O–H groups in total. The molecular formula is C12H12Cl2N2O5. The number of hydrogen-bond donors (Lipinski definition) is 3. The lowest BCUT2D eigenvalue weighted by Crippen LogP contribution is -2.45. The Morgan fingerprint density at radius 3 is 2.52 bits per heavy atom. The van der Waals surface area contributed by atoms with Crippen LogP contribution in [0.15, 0.2) is 18.2 Å². The number of rotatable bonds is 7. The molecule has 1 atom stereocenters. The van der Waals surface area contributed by atoms with Crippen LogP contribution in [0.1, 0.15) is 6.42 Å². The van der Waals surface area contributed by atoms with E-state index in [2.05, 4.69) is 5.32 Å². The lowest BCUT2D eigenvalue weighted by atomic mass is 10.2. The van der Waals surface area contributed by atoms with E-state index in [4.69, 9.17) is 38.8 Å². The van der Waals surface area contributed by atoms with E-state index in [0.717, 1.165) is 0 Å². The second kappa shape index (κ2) is 7.70. The second-order valence-corrected chi connectivity index (χ2v) is 4.84. The molecule has 2 amide bonds. The highest BCUT2D eigenvalue weighted by Crippen LogP contribution is 2.27. The minimum atomic E-state index is -1.40. The monoisotopic (exact) mass is 334 g/mol. The third-order valence-electron chi connectivity index (χ3n) is 2.29. The van der Waals surface area contributed by atoms with Crippen LogP contribution in [0.5, 0.6) is 5.75 Å². The summed E-state index contributed by atoms with van der Waals surface area (Å²) in [7, 11) is 0. The average molecular weight is 335 g/mol. The number of amides is 2. The number of primary amides is 1. The van der Waals surface area contributed by atoms with Gasteiger partial charge in [0.1, 0.15) is 11.8 Å². The van der Waals surface area contributed by atoms with Crippen LogP contribution in [-0.4, -0.2) is 35.5 Å². The van der Waals surface area contributed by atoms with Crippen molar-refractivity contribution >= 4 is 41.0 Å². The Morgan fingerprint density at radius 2 is 2.00 bits per heavy atom. The molecule has 0 unspecified atom stereocenters. The molecule has 21 heavy (non-hydrogen) atoms. The van der Waals surface area contributed by atoms with E-state index in [0.29, 0.717) is 5.02 Å². The van der Waals surface area contributed by atoms with Crippen molar-refractivity contribution in [3.05, 3.63) is 28.2 Å². The van der Waals surface area contributed by atoms with E-state index in [1.165, 1.54) is 18.2 Å². The number of aliphatic carboxylic acids is 1. The van der Waals surface area contributed by atoms with Crippen molar-refractivity contribution in [2.45, 2.75) is 12.5 Å². The third kappa shape index (κ3) is 5.88. The first-order chi connectivity index (χ1) is 9.79. The first-order valence-electron chi connectivity index (χ1n) is 5.68. The van der Waals surface area contributed by atoms with Crippen molar-refractivity contribution < 1.29 is 24.2 Å². The summed E-state index contributed by atoms with van der Waals surface area (Å²) < 4.78 is 5.13. The number of nitrogens with one attached hydrogen (secondary N) is 1. The molecule has 0 saturated heterocycles. The highest BCUT2D eigenvalue weighted by Gasteiger charge is 2.22. The van der Waals surface area contributed by atoms with Gasteiger partial charge in [-0.1, -0.05) is 23.2 Å². The Balaban J connectivity index is 2.56. The van der Waals surface area contributed by atoms with Gasteiger partial charge in [0.15, 0.2) is 6.61 Å². The van der Waals surface area contributed by atoms with Crippen LogP contribution in [-0.2, 0) is 14.4 Å². The van der Waals surface area contributed by atoms with Crippen molar-refractivity contribution in [3.63, 3.8) is 0 Å². The lowest BCUT2D eigenvalue weighted by Gasteiger charge is -2.13. The van der Waals surface area contributed by atoms with Gasteiger partial charge in [0, 0.05) is 5.02 Å². The Hall–Kier alpha value is -1.99. The molecule has 0 aliphatic carbocycles. The van der Waals surface area contributed by atoms with Gasteiger partial charge in [-0.2, -0.15) is 0 Å². The van der Waals surface area contributed by atoms with Gasteiger partial charge in [-0.15, -0.1) is 0 Å². The molecule has 0 fully saturated rings. The number of carbonyl (C=O) groups is 3. The quantitative estimate of drug-likeness (QED) is 0.681. The van der Waals surface area contributed by atoms with Crippen LogP contribution in [0.25, 0.3) is 0 Å². The van der Waals surface area contributed by atoms with Gasteiger partial charge in [0.2, 0.25) is 5.91 Å². The lowest BCUT2D eigenvalue weighted by molar-refractivity contribution is -0.143. The van der Waals surface area contributed by atoms with Crippen molar-refractivity contribution in [2.24, 2.45) is 5.73 Å². The smallest absolute Gasteiger partial charge is 0.326 e. The van der Waals surface area contributed by atoms with Gasteiger partial charge < -0.3 is 20.9 Å². The fourth-order valence-corrected chi connectivity index (χ4v) is 1.84. The molecule has 7 nitrogen and oxygen atoms in total. The molecule has 9 heteroatoms. The van der Waals surface area contributed by atoms with Gasteiger partial charge in [-0.3, -0.25) is 9.59 Å². The van der Waals surface area contributed by atoms with Crippen molar-refractivity contribution in [1.29, 1.82) is 0 Å². The molecule has 114 valence electrons. The van der Waals surface area contributed by atoms with Crippen LogP contribution in [0, 0.1) is 0 Å². The Morgan fingerprint density at radius 1 is 1.33 bits per heavy atom. The molecule has 1 aromatic rings. The molecule has 0 aliphatic rings. The van der Waals surface area contributed by atoms with Crippen molar-refractivity contribution in [2.75, 3.05) is 6.61 Å². The molecule has 0 radical (unpaired) electrons. The molecule has 0 heterocycles. The summed E-state index contributed by atoms with van der Waals surface area (Å²) in [6.07, 6.45) is -0.511. The zero-order chi connectivity index (χ0) is 16.0. The zero-order valence-electron chi connectivity index (χ0n) is 10.6. The SMILES string of the molecule is NC(=O)C[C@@H](NC(=O)COc1ccc(Cl)cc1Cl)C(=O)O. The number of hydrogen-bond acceptors (Lipinski definition) is 4. The third-order valence-corrected chi connectivity index (χ3v) is 2.82. The number of carboxylic acids is 1. The van der Waals surface area contributed by atoms with E-state index in [9.17, 15) is 14.4 Å². The van der Waals surface area contributed by atoms with Gasteiger partial charge in [-0.05, 0) is 18.2 Å². The van der Waals surface area contributed by atoms with Crippen LogP contribution in [0.4, 0.5) is 0 Å². The summed E-state index contributed by atoms with van der Waals surface area (Å²) in [6, 6.07) is 3.02. The highest BCUT2D eigenvalue weighted by atomic mass is 35.5. The fraction of sp³-hybridized carbons (Fsp3) is 0.250. The van der Waals surface area contributed by atoms with Crippen LogP contribution >= 0.6 is 23.2 Å². The number of carboxylic acid groups (broad SMARTS) is 1. The first-order valence-corrected chi connectivity index (χ1v) is 6.43. The standard InChI is InChI=1S/C12H12Cl2N2O5/c13-6-1-2-9(7(14)3-6)21-5-11(18)16-8(12(19)20)4-10(15)17/h1-3,8H,4-5H2,(H2,15,17)(H,16,18)(H,19,20)/t8-/m1/s1. The van der Waals surface area contributed by atoms with Crippen molar-refractivity contribution in [1.82, 2.24) is 5.32 Å². The average Bonchev–Trinajstić information content (AvgIpc) is 2.36. The maximum absolute atomic E-state index is 11.6. The molecule has 0 aliphatic heterocycles. The summed E-state index contributed by atoms with van der Waals surface area (Å²) in [6.45, 7) is -0.468. The van der Waals surface area contributed by atoms with Gasteiger partial charge in [0.25, 0.3) is 5.91 Å². The van der Waals surface area contributed by atoms with E-state index in [1.54, 1.807) is 0 Å². The molecule has 1 aromatic carbocycles. The number of benzene rings is 1. The molecule has 0 bridgehead atoms. The van der Waals surface area contributed by atoms with E-state index in [1.807, 2.05) is 0 Å². The summed E-state index contributed by atoms with van der Waals surface area (Å²) in [4.78, 5) is 33.1.